The van der Waals surface area contributed by atoms with Gasteiger partial charge in [-0.05, 0) is 90.1 Å². The highest BCUT2D eigenvalue weighted by molar-refractivity contribution is 6.06. The number of Topliss-reactive ketones (excluding diaryl/α,β-unsaturated/α-hetero) is 2. The maximum absolute atomic E-state index is 14.2. The van der Waals surface area contributed by atoms with E-state index in [9.17, 15) is 39.0 Å². The predicted molar refractivity (Wildman–Crippen MR) is 458 cm³/mol. The van der Waals surface area contributed by atoms with Crippen molar-refractivity contribution in [1.82, 2.24) is 25.0 Å². The summed E-state index contributed by atoms with van der Waals surface area (Å²) < 4.78 is 80.8. The van der Waals surface area contributed by atoms with Crippen LogP contribution in [0, 0.1) is 11.8 Å². The summed E-state index contributed by atoms with van der Waals surface area (Å²) in [4.78, 5) is 92.8. The number of rotatable bonds is 53. The lowest BCUT2D eigenvalue weighted by molar-refractivity contribution is -0.129. The number of ether oxygens (including phenoxy) is 14. The number of ketones is 2. The minimum Gasteiger partial charge on any atom is -0.494 e. The van der Waals surface area contributed by atoms with Gasteiger partial charge >= 0.3 is 0 Å². The second-order valence-corrected chi connectivity index (χ2v) is 30.3. The number of benzene rings is 4. The zero-order valence-corrected chi connectivity index (χ0v) is 70.9. The smallest absolute Gasteiger partial charge is 0.260 e. The number of aromatic hydroxyl groups is 2. The van der Waals surface area contributed by atoms with Crippen LogP contribution < -0.4 is 39.1 Å². The Bertz CT molecular complexity index is 4370. The summed E-state index contributed by atoms with van der Waals surface area (Å²) in [6.07, 6.45) is 25.7. The summed E-state index contributed by atoms with van der Waals surface area (Å²) in [7, 11) is 3.04. The average molecular weight is 1680 g/mol. The van der Waals surface area contributed by atoms with Crippen LogP contribution in [0.3, 0.4) is 0 Å². The highest BCUT2D eigenvalue weighted by Crippen LogP contribution is 2.44. The molecular formula is C92H121N7O22. The first-order valence-corrected chi connectivity index (χ1v) is 42.5. The van der Waals surface area contributed by atoms with Crippen LogP contribution in [0.15, 0.2) is 113 Å². The Labute approximate surface area is 709 Å². The Morgan fingerprint density at radius 2 is 1.20 bits per heavy atom. The van der Waals surface area contributed by atoms with E-state index in [4.69, 9.17) is 71.3 Å². The van der Waals surface area contributed by atoms with Gasteiger partial charge in [0, 0.05) is 100 Å². The van der Waals surface area contributed by atoms with Crippen molar-refractivity contribution in [3.8, 4) is 46.3 Å². The second kappa shape index (κ2) is 50.2. The topological polar surface area (TPSA) is 332 Å². The van der Waals surface area contributed by atoms with Crippen molar-refractivity contribution in [2.75, 3.05) is 153 Å². The van der Waals surface area contributed by atoms with Crippen LogP contribution in [0.25, 0.3) is 17.2 Å². The molecule has 4 aromatic carbocycles. The van der Waals surface area contributed by atoms with Crippen LogP contribution in [0.2, 0.25) is 0 Å². The number of nitrogens with one attached hydrogen (secondary N) is 2. The van der Waals surface area contributed by atoms with Crippen LogP contribution in [0.5, 0.6) is 46.3 Å². The van der Waals surface area contributed by atoms with Gasteiger partial charge in [-0.15, -0.1) is 0 Å². The summed E-state index contributed by atoms with van der Waals surface area (Å²) in [5, 5.41) is 27.1. The normalized spacial score (nSPS) is 16.0. The lowest BCUT2D eigenvalue weighted by atomic mass is 9.91. The average Bonchev–Trinajstić information content (AvgIpc) is 1.64. The lowest BCUT2D eigenvalue weighted by Gasteiger charge is -2.20. The SMILES string of the molecule is CCC(=CN1CC=Nc2cc(OCCCOc3cc4c(cc3OC)C(=O)N3C=C(c5ccc6c(c5)OCO6)CC3C=N4)c(OC)cc2C1=O)c1ccc(/C=C/CC(=O)C(C)NC(=O)C(C=CCC(=O)CCOCCOCCOCCOCCOCCOCCOCCOCCNC(=O)CCn2c(O)cc(C3CCCCCCCC3)c2O)C(C)C)cc1. The molecule has 1 fully saturated rings. The number of allylic oxidation sites excluding steroid dienone is 3. The van der Waals surface area contributed by atoms with Crippen molar-refractivity contribution in [2.45, 2.75) is 149 Å². The predicted octanol–water partition coefficient (Wildman–Crippen LogP) is 13.3. The van der Waals surface area contributed by atoms with E-state index in [1.807, 2.05) is 81.7 Å². The van der Waals surface area contributed by atoms with Gasteiger partial charge in [0.05, 0.1) is 180 Å². The Kier molecular flexibility index (Phi) is 38.6. The van der Waals surface area contributed by atoms with E-state index in [2.05, 4.69) is 15.6 Å². The van der Waals surface area contributed by atoms with Crippen molar-refractivity contribution in [3.63, 3.8) is 0 Å². The molecule has 3 unspecified atom stereocenters. The van der Waals surface area contributed by atoms with E-state index in [0.29, 0.717) is 182 Å². The molecule has 5 aromatic rings. The molecule has 1 aromatic heterocycles. The fourth-order valence-electron chi connectivity index (χ4n) is 14.5. The quantitative estimate of drug-likeness (QED) is 0.0207. The summed E-state index contributed by atoms with van der Waals surface area (Å²) >= 11 is 0. The van der Waals surface area contributed by atoms with Crippen LogP contribution >= 0.6 is 0 Å². The molecule has 0 bridgehead atoms. The highest BCUT2D eigenvalue weighted by Gasteiger charge is 2.35. The summed E-state index contributed by atoms with van der Waals surface area (Å²) in [5.74, 6) is 1.51. The van der Waals surface area contributed by atoms with E-state index in [1.165, 1.54) is 44.5 Å². The molecule has 10 rings (SSSR count). The molecule has 0 spiro atoms. The van der Waals surface area contributed by atoms with E-state index in [1.54, 1.807) is 77.7 Å². The van der Waals surface area contributed by atoms with Crippen LogP contribution in [-0.4, -0.2) is 237 Å². The Balaban J connectivity index is 0.514. The highest BCUT2D eigenvalue weighted by atomic mass is 16.7. The van der Waals surface area contributed by atoms with Gasteiger partial charge in [0.15, 0.2) is 52.0 Å². The zero-order chi connectivity index (χ0) is 85.5. The lowest BCUT2D eigenvalue weighted by Crippen LogP contribution is -2.42. The van der Waals surface area contributed by atoms with E-state index in [0.717, 1.165) is 59.1 Å². The molecule has 1 saturated carbocycles. The Morgan fingerprint density at radius 1 is 0.620 bits per heavy atom. The first-order valence-electron chi connectivity index (χ1n) is 42.5. The number of amides is 4. The molecule has 121 heavy (non-hydrogen) atoms. The van der Waals surface area contributed by atoms with E-state index in [-0.39, 0.29) is 130 Å². The third-order valence-electron chi connectivity index (χ3n) is 21.3. The Hall–Kier alpha value is -10.2. The molecular weight excluding hydrogens is 1560 g/mol. The molecule has 3 atom stereocenters. The molecule has 1 aliphatic carbocycles. The molecule has 29 nitrogen and oxygen atoms in total. The van der Waals surface area contributed by atoms with Crippen molar-refractivity contribution >= 4 is 76.2 Å². The summed E-state index contributed by atoms with van der Waals surface area (Å²) in [6, 6.07) is 21.0. The number of fused-ring (bicyclic) bond motifs is 4. The third-order valence-corrected chi connectivity index (χ3v) is 21.3. The number of hydrogen-bond acceptors (Lipinski definition) is 24. The van der Waals surface area contributed by atoms with Crippen molar-refractivity contribution in [1.29, 1.82) is 0 Å². The maximum atomic E-state index is 14.2. The van der Waals surface area contributed by atoms with Crippen molar-refractivity contribution in [3.05, 3.63) is 137 Å². The van der Waals surface area contributed by atoms with Gasteiger partial charge in [0.25, 0.3) is 11.8 Å². The Morgan fingerprint density at radius 3 is 1.80 bits per heavy atom. The van der Waals surface area contributed by atoms with Gasteiger partial charge in [-0.2, -0.15) is 0 Å². The molecule has 0 saturated heterocycles. The summed E-state index contributed by atoms with van der Waals surface area (Å²) in [5.41, 5.74) is 7.09. The van der Waals surface area contributed by atoms with E-state index < -0.39 is 12.0 Å². The summed E-state index contributed by atoms with van der Waals surface area (Å²) in [6.45, 7) is 15.1. The number of carbonyl (C=O) groups is 6. The van der Waals surface area contributed by atoms with Crippen LogP contribution in [0.4, 0.5) is 11.4 Å². The number of aliphatic imine (C=N–C) groups is 2. The molecule has 5 heterocycles. The number of nitrogens with zero attached hydrogens (tertiary/aromatic N) is 5. The molecule has 5 aliphatic rings. The molecule has 656 valence electrons. The van der Waals surface area contributed by atoms with Gasteiger partial charge in [0.1, 0.15) is 5.78 Å². The first-order chi connectivity index (χ1) is 59.0. The molecule has 4 aliphatic heterocycles. The number of methoxy groups -OCH3 is 2. The number of hydrogen-bond donors (Lipinski definition) is 4. The zero-order valence-electron chi connectivity index (χ0n) is 70.9. The minimum atomic E-state index is -0.740. The maximum Gasteiger partial charge on any atom is 0.260 e. The van der Waals surface area contributed by atoms with Gasteiger partial charge < -0.3 is 97.0 Å². The fourth-order valence-corrected chi connectivity index (χ4v) is 14.5. The van der Waals surface area contributed by atoms with Gasteiger partial charge in [-0.25, -0.2) is 0 Å². The first kappa shape index (κ1) is 93.0. The van der Waals surface area contributed by atoms with Crippen molar-refractivity contribution in [2.24, 2.45) is 21.8 Å². The molecule has 29 heteroatoms. The van der Waals surface area contributed by atoms with Crippen LogP contribution in [0.1, 0.15) is 173 Å². The molecule has 4 N–H and O–H groups in total. The largest absolute Gasteiger partial charge is 0.494 e. The monoisotopic (exact) mass is 1680 g/mol. The van der Waals surface area contributed by atoms with Gasteiger partial charge in [-0.1, -0.05) is 114 Å². The van der Waals surface area contributed by atoms with Crippen LogP contribution in [-0.2, 0) is 63.6 Å². The minimum absolute atomic E-state index is 0.00786. The number of carbonyl (C=O) groups excluding carboxylic acids is 6. The van der Waals surface area contributed by atoms with E-state index >= 15 is 0 Å². The third kappa shape index (κ3) is 29.0. The molecule has 4 amide bonds. The molecule has 0 radical (unpaired) electrons. The van der Waals surface area contributed by atoms with Gasteiger partial charge in [-0.3, -0.25) is 43.3 Å². The van der Waals surface area contributed by atoms with Gasteiger partial charge in [0.2, 0.25) is 18.6 Å². The van der Waals surface area contributed by atoms with Crippen molar-refractivity contribution < 1.29 is 105 Å². The number of aromatic nitrogens is 1. The fraction of sp³-hybridized carbons (Fsp3) is 0.522. The second-order valence-electron chi connectivity index (χ2n) is 30.3. The standard InChI is InChI=1S/C92H121N7O22/c1-7-67(61-97-34-31-93-78-58-85(82(108-5)55-76(78)90(97)105)118-35-16-36-119-86-59-79-77(56-83(86)109-6)92(107)99-62-71(53-72(99)60-95-79)70-27-28-81-84(54-70)121-63-120-81)68-25-23-66(24-26-68)17-14-22-80(101)65(4)96-89(104)74(64(2)3)21-15-20-73(100)30-37-110-39-41-112-43-45-114-47-49-116-51-52-117-50-48-115-46-44-113-42-40-111-38-32-94-87(102)29-33-98-88(103)57-75(91(98)106)69-18-12-10-8-9-11-13-19-69/h14-15,17,21,23-28,31,54-62,64-65,69,72,74,103,106H,7-13,16,18-20,22,29-30,32-53,63H2,1-6H3,(H,94,102)(H,96,104)/b17-14+,21-15?,67-61?.